The quantitative estimate of drug-likeness (QED) is 0.540. The Morgan fingerprint density at radius 1 is 1.36 bits per heavy atom. The first-order valence-electron chi connectivity index (χ1n) is 4.44. The Balaban J connectivity index is 4.89. The molecule has 0 saturated heterocycles. The van der Waals surface area contributed by atoms with Gasteiger partial charge < -0.3 is 14.5 Å². The third kappa shape index (κ3) is 3.40. The predicted octanol–water partition coefficient (Wildman–Crippen LogP) is 1.14. The van der Waals surface area contributed by atoms with Gasteiger partial charge in [0.05, 0.1) is 18.7 Å². The Hall–Kier alpha value is -0.380. The summed E-state index contributed by atoms with van der Waals surface area (Å²) in [7, 11) is -2.96. The molecule has 0 radical (unpaired) electrons. The van der Waals surface area contributed by atoms with Gasteiger partial charge in [-0.3, -0.25) is 9.36 Å². The first kappa shape index (κ1) is 13.6. The largest absolute Gasteiger partial charge is 0.469 e. The molecule has 0 heterocycles. The fourth-order valence-electron chi connectivity index (χ4n) is 1.44. The molecule has 2 N–H and O–H groups in total. The maximum absolute atomic E-state index is 11.4. The average Bonchev–Trinajstić information content (AvgIpc) is 2.11. The minimum atomic E-state index is -4.19. The highest BCUT2D eigenvalue weighted by Gasteiger charge is 2.41. The summed E-state index contributed by atoms with van der Waals surface area (Å²) < 4.78 is 15.4. The molecule has 84 valence electrons. The van der Waals surface area contributed by atoms with Crippen LogP contribution in [-0.2, 0) is 14.1 Å². The summed E-state index contributed by atoms with van der Waals surface area (Å²) in [6, 6.07) is 0. The second kappa shape index (κ2) is 4.91. The van der Waals surface area contributed by atoms with Gasteiger partial charge in [0.1, 0.15) is 0 Å². The molecule has 0 aromatic carbocycles. The van der Waals surface area contributed by atoms with Gasteiger partial charge in [0, 0.05) is 0 Å². The molecule has 0 aromatic heterocycles. The van der Waals surface area contributed by atoms with Crippen LogP contribution in [0.15, 0.2) is 0 Å². The Kier molecular flexibility index (Phi) is 4.78. The van der Waals surface area contributed by atoms with E-state index in [1.54, 1.807) is 13.8 Å². The van der Waals surface area contributed by atoms with Crippen LogP contribution in [0.1, 0.15) is 26.7 Å². The van der Waals surface area contributed by atoms with Gasteiger partial charge in [0.2, 0.25) is 0 Å². The lowest BCUT2D eigenvalue weighted by Crippen LogP contribution is -2.34. The number of hydrogen-bond donors (Lipinski definition) is 2. The lowest BCUT2D eigenvalue weighted by atomic mass is 9.84. The maximum atomic E-state index is 11.4. The van der Waals surface area contributed by atoms with Crippen LogP contribution < -0.4 is 0 Å². The fourth-order valence-corrected chi connectivity index (χ4v) is 2.80. The van der Waals surface area contributed by atoms with Gasteiger partial charge in [-0.15, -0.1) is 0 Å². The normalized spacial score (nSPS) is 12.6. The lowest BCUT2D eigenvalue weighted by molar-refractivity contribution is -0.152. The smallest absolute Gasteiger partial charge is 0.326 e. The average molecular weight is 224 g/mol. The van der Waals surface area contributed by atoms with Crippen LogP contribution >= 0.6 is 7.60 Å². The molecule has 0 aliphatic rings. The van der Waals surface area contributed by atoms with Gasteiger partial charge in [-0.1, -0.05) is 13.8 Å². The van der Waals surface area contributed by atoms with Gasteiger partial charge in [-0.25, -0.2) is 0 Å². The van der Waals surface area contributed by atoms with Crippen LogP contribution in [0.2, 0.25) is 0 Å². The number of ether oxygens (including phenoxy) is 1. The summed E-state index contributed by atoms with van der Waals surface area (Å²) in [5.74, 6) is -0.550. The topological polar surface area (TPSA) is 83.8 Å². The number of hydrogen-bond acceptors (Lipinski definition) is 3. The van der Waals surface area contributed by atoms with Gasteiger partial charge in [-0.2, -0.15) is 0 Å². The van der Waals surface area contributed by atoms with Crippen molar-refractivity contribution in [2.45, 2.75) is 26.7 Å². The van der Waals surface area contributed by atoms with E-state index in [2.05, 4.69) is 4.74 Å². The van der Waals surface area contributed by atoms with E-state index in [1.165, 1.54) is 7.11 Å². The number of esters is 1. The van der Waals surface area contributed by atoms with Crippen LogP contribution in [0.4, 0.5) is 0 Å². The molecule has 0 saturated carbocycles. The monoisotopic (exact) mass is 224 g/mol. The zero-order chi connectivity index (χ0) is 11.4. The summed E-state index contributed by atoms with van der Waals surface area (Å²) in [6.07, 6.45) is 0.280. The van der Waals surface area contributed by atoms with Crippen LogP contribution in [0.25, 0.3) is 0 Å². The summed E-state index contributed by atoms with van der Waals surface area (Å²) in [4.78, 5) is 29.1. The van der Waals surface area contributed by atoms with Crippen molar-refractivity contribution < 1.29 is 23.9 Å². The highest BCUT2D eigenvalue weighted by molar-refractivity contribution is 7.51. The molecular formula is C8H17O5P. The number of carbonyl (C=O) groups is 1. The van der Waals surface area contributed by atoms with Crippen LogP contribution in [0.3, 0.4) is 0 Å². The zero-order valence-corrected chi connectivity index (χ0v) is 9.58. The SMILES string of the molecule is CCC(CC)(CP(=O)(O)O)C(=O)OC. The Morgan fingerprint density at radius 2 is 1.79 bits per heavy atom. The molecule has 0 fully saturated rings. The van der Waals surface area contributed by atoms with E-state index < -0.39 is 25.1 Å². The van der Waals surface area contributed by atoms with Crippen molar-refractivity contribution in [2.75, 3.05) is 13.3 Å². The summed E-state index contributed by atoms with van der Waals surface area (Å²) in [5.41, 5.74) is -1.05. The van der Waals surface area contributed by atoms with Crippen molar-refractivity contribution in [3.63, 3.8) is 0 Å². The van der Waals surface area contributed by atoms with Crippen molar-refractivity contribution in [3.05, 3.63) is 0 Å². The Bertz CT molecular complexity index is 240. The van der Waals surface area contributed by atoms with Crippen LogP contribution in [0, 0.1) is 5.41 Å². The van der Waals surface area contributed by atoms with Crippen LogP contribution in [-0.4, -0.2) is 29.0 Å². The van der Waals surface area contributed by atoms with E-state index >= 15 is 0 Å². The first-order valence-corrected chi connectivity index (χ1v) is 6.24. The highest BCUT2D eigenvalue weighted by Crippen LogP contribution is 2.45. The van der Waals surface area contributed by atoms with E-state index in [0.717, 1.165) is 0 Å². The Morgan fingerprint density at radius 3 is 2.00 bits per heavy atom. The van der Waals surface area contributed by atoms with Crippen molar-refractivity contribution >= 4 is 13.6 Å². The summed E-state index contributed by atoms with van der Waals surface area (Å²) in [6.45, 7) is 3.44. The molecule has 6 heteroatoms. The lowest BCUT2D eigenvalue weighted by Gasteiger charge is -2.28. The van der Waals surface area contributed by atoms with E-state index in [-0.39, 0.29) is 0 Å². The molecular weight excluding hydrogens is 207 g/mol. The number of carbonyl (C=O) groups excluding carboxylic acids is 1. The van der Waals surface area contributed by atoms with E-state index in [0.29, 0.717) is 12.8 Å². The van der Waals surface area contributed by atoms with Crippen LogP contribution in [0.5, 0.6) is 0 Å². The molecule has 0 aliphatic heterocycles. The van der Waals surface area contributed by atoms with Crippen molar-refractivity contribution in [1.29, 1.82) is 0 Å². The molecule has 5 nitrogen and oxygen atoms in total. The molecule has 0 rings (SSSR count). The maximum Gasteiger partial charge on any atom is 0.326 e. The second-order valence-electron chi connectivity index (χ2n) is 3.30. The third-order valence-corrected chi connectivity index (χ3v) is 3.50. The molecule has 0 aliphatic carbocycles. The molecule has 0 atom stereocenters. The molecule has 0 unspecified atom stereocenters. The highest BCUT2D eigenvalue weighted by atomic mass is 31.2. The second-order valence-corrected chi connectivity index (χ2v) is 4.95. The Labute approximate surface area is 83.6 Å². The van der Waals surface area contributed by atoms with Gasteiger partial charge >= 0.3 is 13.6 Å². The molecule has 0 spiro atoms. The molecule has 0 aromatic rings. The van der Waals surface area contributed by atoms with Crippen molar-refractivity contribution in [3.8, 4) is 0 Å². The van der Waals surface area contributed by atoms with Crippen molar-refractivity contribution in [1.82, 2.24) is 0 Å². The summed E-state index contributed by atoms with van der Waals surface area (Å²) in [5, 5.41) is 0. The molecule has 0 amide bonds. The minimum absolute atomic E-state index is 0.362. The van der Waals surface area contributed by atoms with Gasteiger partial charge in [0.25, 0.3) is 0 Å². The summed E-state index contributed by atoms with van der Waals surface area (Å²) >= 11 is 0. The fraction of sp³-hybridized carbons (Fsp3) is 0.875. The van der Waals surface area contributed by atoms with E-state index in [4.69, 9.17) is 9.79 Å². The van der Waals surface area contributed by atoms with Gasteiger partial charge in [-0.05, 0) is 12.8 Å². The standard InChI is InChI=1S/C8H17O5P/c1-4-8(5-2,7(9)13-3)6-14(10,11)12/h4-6H2,1-3H3,(H2,10,11,12). The molecule has 14 heavy (non-hydrogen) atoms. The minimum Gasteiger partial charge on any atom is -0.469 e. The van der Waals surface area contributed by atoms with Crippen molar-refractivity contribution in [2.24, 2.45) is 5.41 Å². The zero-order valence-electron chi connectivity index (χ0n) is 8.69. The number of rotatable bonds is 5. The number of methoxy groups -OCH3 is 1. The van der Waals surface area contributed by atoms with E-state index in [9.17, 15) is 9.36 Å². The van der Waals surface area contributed by atoms with Gasteiger partial charge in [0.15, 0.2) is 0 Å². The first-order chi connectivity index (χ1) is 6.31. The van der Waals surface area contributed by atoms with E-state index in [1.807, 2.05) is 0 Å². The molecule has 0 bridgehead atoms. The third-order valence-electron chi connectivity index (χ3n) is 2.48. The predicted molar refractivity (Wildman–Crippen MR) is 51.9 cm³/mol.